The summed E-state index contributed by atoms with van der Waals surface area (Å²) in [6.07, 6.45) is 0.683. The van der Waals surface area contributed by atoms with Crippen LogP contribution in [0.2, 0.25) is 0 Å². The van der Waals surface area contributed by atoms with E-state index in [1.807, 2.05) is 0 Å². The van der Waals surface area contributed by atoms with Crippen LogP contribution in [0.5, 0.6) is 0 Å². The summed E-state index contributed by atoms with van der Waals surface area (Å²) < 4.78 is 4.46. The Bertz CT molecular complexity index is 174. The van der Waals surface area contributed by atoms with Crippen LogP contribution in [-0.4, -0.2) is 18.9 Å². The Labute approximate surface area is 59.4 Å². The molecule has 0 aromatic carbocycles. The molecule has 0 unspecified atom stereocenters. The van der Waals surface area contributed by atoms with Gasteiger partial charge in [-0.05, 0) is 13.3 Å². The van der Waals surface area contributed by atoms with Crippen LogP contribution in [0.25, 0.3) is 0 Å². The molecule has 3 heteroatoms. The van der Waals surface area contributed by atoms with Gasteiger partial charge in [0.1, 0.15) is 5.78 Å². The normalized spacial score (nSPS) is 29.4. The molecule has 0 aliphatic heterocycles. The van der Waals surface area contributed by atoms with E-state index < -0.39 is 0 Å². The smallest absolute Gasteiger partial charge is 0.309 e. The van der Waals surface area contributed by atoms with E-state index in [1.54, 1.807) is 0 Å². The Balaban J connectivity index is 2.38. The van der Waals surface area contributed by atoms with Crippen LogP contribution in [-0.2, 0) is 14.3 Å². The van der Waals surface area contributed by atoms with Crippen molar-refractivity contribution in [3.63, 3.8) is 0 Å². The molecule has 0 amide bonds. The maximum atomic E-state index is 10.7. The lowest BCUT2D eigenvalue weighted by Gasteiger charge is -1.93. The van der Waals surface area contributed by atoms with E-state index >= 15 is 0 Å². The summed E-state index contributed by atoms with van der Waals surface area (Å²) >= 11 is 0. The van der Waals surface area contributed by atoms with E-state index in [0.717, 1.165) is 0 Å². The second-order valence-corrected chi connectivity index (χ2v) is 2.58. The monoisotopic (exact) mass is 142 g/mol. The summed E-state index contributed by atoms with van der Waals surface area (Å²) in [5, 5.41) is 0. The quantitative estimate of drug-likeness (QED) is 0.523. The van der Waals surface area contributed by atoms with Crippen LogP contribution < -0.4 is 0 Å². The lowest BCUT2D eigenvalue weighted by molar-refractivity contribution is -0.143. The highest BCUT2D eigenvalue weighted by Gasteiger charge is 2.46. The topological polar surface area (TPSA) is 43.4 Å². The van der Waals surface area contributed by atoms with Gasteiger partial charge in [0.25, 0.3) is 0 Å². The van der Waals surface area contributed by atoms with Gasteiger partial charge in [-0.3, -0.25) is 9.59 Å². The summed E-state index contributed by atoms with van der Waals surface area (Å²) in [5.74, 6) is -0.342. The van der Waals surface area contributed by atoms with E-state index in [-0.39, 0.29) is 23.6 Å². The number of rotatable bonds is 2. The number of carbonyl (C=O) groups excluding carboxylic acids is 2. The van der Waals surface area contributed by atoms with Crippen LogP contribution in [0.1, 0.15) is 13.3 Å². The predicted molar refractivity (Wildman–Crippen MR) is 34.3 cm³/mol. The molecule has 0 radical (unpaired) electrons. The standard InChI is InChI=1S/C7H10O3/c1-4(8)5-3-6(5)7(9)10-2/h5-6H,3H2,1-2H3/t5-,6+/m0/s1. The van der Waals surface area contributed by atoms with Gasteiger partial charge >= 0.3 is 5.97 Å². The van der Waals surface area contributed by atoms with Crippen LogP contribution >= 0.6 is 0 Å². The molecule has 0 N–H and O–H groups in total. The largest absolute Gasteiger partial charge is 0.469 e. The zero-order valence-corrected chi connectivity index (χ0v) is 6.09. The first kappa shape index (κ1) is 7.25. The molecule has 0 saturated heterocycles. The third kappa shape index (κ3) is 1.17. The van der Waals surface area contributed by atoms with Gasteiger partial charge in [0, 0.05) is 5.92 Å². The van der Waals surface area contributed by atoms with Crippen molar-refractivity contribution in [1.82, 2.24) is 0 Å². The first-order chi connectivity index (χ1) is 4.66. The summed E-state index contributed by atoms with van der Waals surface area (Å²) in [6.45, 7) is 1.51. The highest BCUT2D eigenvalue weighted by atomic mass is 16.5. The van der Waals surface area contributed by atoms with E-state index in [4.69, 9.17) is 0 Å². The molecule has 0 bridgehead atoms. The van der Waals surface area contributed by atoms with Crippen molar-refractivity contribution in [3.05, 3.63) is 0 Å². The SMILES string of the molecule is COC(=O)[C@@H]1C[C@H]1C(C)=O. The van der Waals surface area contributed by atoms with E-state index in [9.17, 15) is 9.59 Å². The number of hydrogen-bond donors (Lipinski definition) is 0. The van der Waals surface area contributed by atoms with Crippen molar-refractivity contribution in [2.45, 2.75) is 13.3 Å². The molecule has 0 aromatic rings. The van der Waals surface area contributed by atoms with Gasteiger partial charge < -0.3 is 4.74 Å². The number of ketones is 1. The minimum Gasteiger partial charge on any atom is -0.469 e. The molecule has 0 aromatic heterocycles. The van der Waals surface area contributed by atoms with Gasteiger partial charge in [0.05, 0.1) is 13.0 Å². The number of esters is 1. The van der Waals surface area contributed by atoms with Crippen LogP contribution in [0.15, 0.2) is 0 Å². The van der Waals surface area contributed by atoms with Gasteiger partial charge in [-0.25, -0.2) is 0 Å². The molecule has 3 nitrogen and oxygen atoms in total. The third-order valence-corrected chi connectivity index (χ3v) is 1.82. The van der Waals surface area contributed by atoms with Gasteiger partial charge in [-0.2, -0.15) is 0 Å². The van der Waals surface area contributed by atoms with Gasteiger partial charge in [-0.1, -0.05) is 0 Å². The Hall–Kier alpha value is -0.860. The number of ether oxygens (including phenoxy) is 1. The van der Waals surface area contributed by atoms with Crippen molar-refractivity contribution in [2.24, 2.45) is 11.8 Å². The average Bonchev–Trinajstić information content (AvgIpc) is 2.64. The van der Waals surface area contributed by atoms with Gasteiger partial charge in [-0.15, -0.1) is 0 Å². The Morgan fingerprint density at radius 2 is 2.00 bits per heavy atom. The maximum Gasteiger partial charge on any atom is 0.309 e. The van der Waals surface area contributed by atoms with Crippen molar-refractivity contribution in [1.29, 1.82) is 0 Å². The predicted octanol–water partition coefficient (Wildman–Crippen LogP) is 0.384. The molecule has 1 rings (SSSR count). The molecule has 1 aliphatic rings. The number of carbonyl (C=O) groups is 2. The second kappa shape index (κ2) is 2.40. The highest BCUT2D eigenvalue weighted by Crippen LogP contribution is 2.39. The fourth-order valence-corrected chi connectivity index (χ4v) is 1.06. The minimum absolute atomic E-state index is 0.0487. The molecule has 1 aliphatic carbocycles. The minimum atomic E-state index is -0.250. The second-order valence-electron chi connectivity index (χ2n) is 2.58. The van der Waals surface area contributed by atoms with E-state index in [1.165, 1.54) is 14.0 Å². The Kier molecular flexibility index (Phi) is 1.74. The molecule has 1 fully saturated rings. The van der Waals surface area contributed by atoms with Crippen molar-refractivity contribution in [2.75, 3.05) is 7.11 Å². The number of Topliss-reactive ketones (excluding diaryl/α,β-unsaturated/α-hetero) is 1. The molecular formula is C7H10O3. The van der Waals surface area contributed by atoms with E-state index in [2.05, 4.69) is 4.74 Å². The van der Waals surface area contributed by atoms with E-state index in [0.29, 0.717) is 6.42 Å². The maximum absolute atomic E-state index is 10.7. The fourth-order valence-electron chi connectivity index (χ4n) is 1.06. The Morgan fingerprint density at radius 3 is 2.30 bits per heavy atom. The lowest BCUT2D eigenvalue weighted by Crippen LogP contribution is -2.07. The zero-order valence-electron chi connectivity index (χ0n) is 6.09. The van der Waals surface area contributed by atoms with Crippen LogP contribution in [0.4, 0.5) is 0 Å². The first-order valence-corrected chi connectivity index (χ1v) is 3.25. The van der Waals surface area contributed by atoms with Gasteiger partial charge in [0.15, 0.2) is 0 Å². The molecule has 0 spiro atoms. The third-order valence-electron chi connectivity index (χ3n) is 1.82. The average molecular weight is 142 g/mol. The molecular weight excluding hydrogens is 132 g/mol. The van der Waals surface area contributed by atoms with Crippen molar-refractivity contribution < 1.29 is 14.3 Å². The zero-order chi connectivity index (χ0) is 7.72. The summed E-state index contributed by atoms with van der Waals surface area (Å²) in [5.41, 5.74) is 0. The number of methoxy groups -OCH3 is 1. The van der Waals surface area contributed by atoms with Crippen LogP contribution in [0.3, 0.4) is 0 Å². The molecule has 0 heterocycles. The Morgan fingerprint density at radius 1 is 1.40 bits per heavy atom. The lowest BCUT2D eigenvalue weighted by atomic mass is 10.2. The summed E-state index contributed by atoms with van der Waals surface area (Å²) in [7, 11) is 1.35. The van der Waals surface area contributed by atoms with Crippen molar-refractivity contribution >= 4 is 11.8 Å². The highest BCUT2D eigenvalue weighted by molar-refractivity contribution is 5.89. The van der Waals surface area contributed by atoms with Crippen molar-refractivity contribution in [3.8, 4) is 0 Å². The molecule has 2 atom stereocenters. The first-order valence-electron chi connectivity index (χ1n) is 3.25. The van der Waals surface area contributed by atoms with Crippen LogP contribution in [0, 0.1) is 11.8 Å². The fraction of sp³-hybridized carbons (Fsp3) is 0.714. The molecule has 56 valence electrons. The van der Waals surface area contributed by atoms with Gasteiger partial charge in [0.2, 0.25) is 0 Å². The summed E-state index contributed by atoms with van der Waals surface area (Å²) in [4.78, 5) is 21.3. The number of hydrogen-bond acceptors (Lipinski definition) is 3. The molecule has 1 saturated carbocycles. The molecule has 10 heavy (non-hydrogen) atoms. The summed E-state index contributed by atoms with van der Waals surface area (Å²) in [6, 6.07) is 0.